The van der Waals surface area contributed by atoms with E-state index in [1.54, 1.807) is 0 Å². The van der Waals surface area contributed by atoms with E-state index < -0.39 is 32.9 Å². The summed E-state index contributed by atoms with van der Waals surface area (Å²) in [7, 11) is -3.83. The maximum atomic E-state index is 12.2. The summed E-state index contributed by atoms with van der Waals surface area (Å²) in [4.78, 5) is 34.1. The number of benzene rings is 2. The van der Waals surface area contributed by atoms with Gasteiger partial charge in [-0.15, -0.1) is 0 Å². The Labute approximate surface area is 187 Å². The molecule has 2 rings (SSSR count). The summed E-state index contributed by atoms with van der Waals surface area (Å²) in [5.74, 6) is -1.53. The molecule has 31 heavy (non-hydrogen) atoms. The fourth-order valence-electron chi connectivity index (χ4n) is 2.25. The van der Waals surface area contributed by atoms with Crippen LogP contribution in [0.1, 0.15) is 13.3 Å². The number of hydrogen-bond acceptors (Lipinski definition) is 7. The second-order valence-corrected chi connectivity index (χ2v) is 8.75. The third kappa shape index (κ3) is 7.17. The molecule has 10 nitrogen and oxygen atoms in total. The number of nitro groups is 1. The van der Waals surface area contributed by atoms with Crippen LogP contribution in [0.4, 0.5) is 11.4 Å². The van der Waals surface area contributed by atoms with Crippen LogP contribution in [0.2, 0.25) is 10.0 Å². The Morgan fingerprint density at radius 3 is 2.39 bits per heavy atom. The molecule has 0 aromatic heterocycles. The van der Waals surface area contributed by atoms with Gasteiger partial charge in [-0.25, -0.2) is 13.1 Å². The molecule has 0 heterocycles. The molecule has 0 fully saturated rings. The number of nitrogens with zero attached hydrogens (tertiary/aromatic N) is 1. The van der Waals surface area contributed by atoms with E-state index in [1.807, 2.05) is 0 Å². The predicted octanol–water partition coefficient (Wildman–Crippen LogP) is 3.14. The summed E-state index contributed by atoms with van der Waals surface area (Å²) >= 11 is 11.6. The predicted molar refractivity (Wildman–Crippen MR) is 114 cm³/mol. The largest absolute Gasteiger partial charge is 0.452 e. The number of anilines is 1. The van der Waals surface area contributed by atoms with E-state index in [4.69, 9.17) is 27.9 Å². The molecule has 0 aliphatic rings. The lowest BCUT2D eigenvalue weighted by Crippen LogP contribution is -2.32. The van der Waals surface area contributed by atoms with E-state index in [0.717, 1.165) is 12.1 Å². The number of hydrogen-bond donors (Lipinski definition) is 2. The minimum absolute atomic E-state index is 0.0158. The Balaban J connectivity index is 1.84. The number of ether oxygens (including phenoxy) is 1. The fourth-order valence-corrected chi connectivity index (χ4v) is 3.63. The van der Waals surface area contributed by atoms with E-state index in [-0.39, 0.29) is 34.3 Å². The molecular formula is C18H17Cl2N3O7S. The maximum Gasteiger partial charge on any atom is 0.307 e. The van der Waals surface area contributed by atoms with Crippen molar-refractivity contribution < 1.29 is 27.7 Å². The minimum Gasteiger partial charge on any atom is -0.452 e. The number of halogens is 2. The first-order valence-electron chi connectivity index (χ1n) is 8.69. The zero-order valence-corrected chi connectivity index (χ0v) is 18.3. The number of nitro benzene ring substituents is 1. The summed E-state index contributed by atoms with van der Waals surface area (Å²) in [6.07, 6.45) is -1.53. The number of carbonyl (C=O) groups is 2. The smallest absolute Gasteiger partial charge is 0.307 e. The Morgan fingerprint density at radius 2 is 1.81 bits per heavy atom. The van der Waals surface area contributed by atoms with Crippen molar-refractivity contribution in [3.8, 4) is 0 Å². The minimum atomic E-state index is -3.83. The maximum absolute atomic E-state index is 12.2. The number of non-ortho nitro benzene ring substituents is 1. The highest BCUT2D eigenvalue weighted by Crippen LogP contribution is 2.26. The molecule has 1 amide bonds. The first-order chi connectivity index (χ1) is 14.5. The number of nitrogens with one attached hydrogen (secondary N) is 2. The van der Waals surface area contributed by atoms with Crippen molar-refractivity contribution in [2.24, 2.45) is 0 Å². The molecule has 0 aliphatic heterocycles. The van der Waals surface area contributed by atoms with Gasteiger partial charge in [-0.05, 0) is 37.3 Å². The van der Waals surface area contributed by atoms with Crippen LogP contribution in [0, 0.1) is 10.1 Å². The SMILES string of the molecule is C[C@@H](OC(=O)CCNS(=O)(=O)c1ccc(Cl)cc1)C(=O)Nc1ccc([N+](=O)[O-])cc1Cl. The molecule has 0 spiro atoms. The molecule has 0 aliphatic carbocycles. The Kier molecular flexibility index (Phi) is 8.34. The summed E-state index contributed by atoms with van der Waals surface area (Å²) in [6.45, 7) is 1.07. The van der Waals surface area contributed by atoms with E-state index in [9.17, 15) is 28.1 Å². The summed E-state index contributed by atoms with van der Waals surface area (Å²) in [5.41, 5.74) is -0.139. The number of carbonyl (C=O) groups excluding carboxylic acids is 2. The monoisotopic (exact) mass is 489 g/mol. The van der Waals surface area contributed by atoms with Crippen LogP contribution in [0.25, 0.3) is 0 Å². The van der Waals surface area contributed by atoms with Crippen molar-refractivity contribution in [3.05, 3.63) is 62.6 Å². The van der Waals surface area contributed by atoms with E-state index in [0.29, 0.717) is 5.02 Å². The van der Waals surface area contributed by atoms with Crippen LogP contribution in [-0.2, 0) is 24.3 Å². The van der Waals surface area contributed by atoms with Gasteiger partial charge < -0.3 is 10.1 Å². The molecule has 1 atom stereocenters. The van der Waals surface area contributed by atoms with Gasteiger partial charge in [0, 0.05) is 23.7 Å². The molecular weight excluding hydrogens is 473 g/mol. The van der Waals surface area contributed by atoms with Crippen molar-refractivity contribution in [2.75, 3.05) is 11.9 Å². The van der Waals surface area contributed by atoms with Crippen LogP contribution in [-0.4, -0.2) is 37.9 Å². The quantitative estimate of drug-likeness (QED) is 0.312. The molecule has 166 valence electrons. The zero-order chi connectivity index (χ0) is 23.2. The topological polar surface area (TPSA) is 145 Å². The van der Waals surface area contributed by atoms with Crippen LogP contribution in [0.3, 0.4) is 0 Å². The van der Waals surface area contributed by atoms with Gasteiger partial charge in [-0.2, -0.15) is 0 Å². The van der Waals surface area contributed by atoms with Crippen molar-refractivity contribution in [1.29, 1.82) is 0 Å². The van der Waals surface area contributed by atoms with Crippen molar-refractivity contribution in [2.45, 2.75) is 24.3 Å². The third-order valence-corrected chi connectivity index (χ3v) is 5.89. The highest BCUT2D eigenvalue weighted by molar-refractivity contribution is 7.89. The van der Waals surface area contributed by atoms with Crippen LogP contribution < -0.4 is 10.0 Å². The molecule has 0 saturated carbocycles. The highest BCUT2D eigenvalue weighted by Gasteiger charge is 2.20. The molecule has 13 heteroatoms. The van der Waals surface area contributed by atoms with Crippen LogP contribution in [0.15, 0.2) is 47.4 Å². The normalized spacial score (nSPS) is 12.1. The van der Waals surface area contributed by atoms with Gasteiger partial charge in [0.15, 0.2) is 6.10 Å². The Hall–Kier alpha value is -2.73. The summed E-state index contributed by atoms with van der Waals surface area (Å²) < 4.78 is 31.5. The van der Waals surface area contributed by atoms with Gasteiger partial charge in [-0.1, -0.05) is 23.2 Å². The lowest BCUT2D eigenvalue weighted by atomic mass is 10.2. The van der Waals surface area contributed by atoms with Gasteiger partial charge in [0.25, 0.3) is 11.6 Å². The van der Waals surface area contributed by atoms with Crippen molar-refractivity contribution in [1.82, 2.24) is 4.72 Å². The van der Waals surface area contributed by atoms with Gasteiger partial charge in [0.1, 0.15) is 0 Å². The van der Waals surface area contributed by atoms with Gasteiger partial charge in [0.05, 0.1) is 26.9 Å². The molecule has 2 aromatic rings. The molecule has 0 bridgehead atoms. The Morgan fingerprint density at radius 1 is 1.16 bits per heavy atom. The van der Waals surface area contributed by atoms with E-state index in [1.165, 1.54) is 37.3 Å². The van der Waals surface area contributed by atoms with E-state index >= 15 is 0 Å². The van der Waals surface area contributed by atoms with Crippen LogP contribution in [0.5, 0.6) is 0 Å². The number of rotatable bonds is 9. The zero-order valence-electron chi connectivity index (χ0n) is 16.0. The lowest BCUT2D eigenvalue weighted by molar-refractivity contribution is -0.384. The molecule has 2 aromatic carbocycles. The Bertz CT molecular complexity index is 1090. The summed E-state index contributed by atoms with van der Waals surface area (Å²) in [6, 6.07) is 8.95. The van der Waals surface area contributed by atoms with Crippen molar-refractivity contribution in [3.63, 3.8) is 0 Å². The molecule has 0 radical (unpaired) electrons. The number of amides is 1. The molecule has 2 N–H and O–H groups in total. The molecule has 0 saturated heterocycles. The van der Waals surface area contributed by atoms with E-state index in [2.05, 4.69) is 10.0 Å². The number of esters is 1. The first kappa shape index (κ1) is 24.5. The third-order valence-electron chi connectivity index (χ3n) is 3.84. The first-order valence-corrected chi connectivity index (χ1v) is 10.9. The average Bonchev–Trinajstić information content (AvgIpc) is 2.69. The summed E-state index contributed by atoms with van der Waals surface area (Å²) in [5, 5.41) is 13.4. The second kappa shape index (κ2) is 10.5. The highest BCUT2D eigenvalue weighted by atomic mass is 35.5. The van der Waals surface area contributed by atoms with Gasteiger partial charge in [0.2, 0.25) is 10.0 Å². The van der Waals surface area contributed by atoms with Crippen LogP contribution >= 0.6 is 23.2 Å². The average molecular weight is 490 g/mol. The number of sulfonamides is 1. The molecule has 0 unspecified atom stereocenters. The second-order valence-electron chi connectivity index (χ2n) is 6.14. The van der Waals surface area contributed by atoms with Gasteiger partial charge >= 0.3 is 5.97 Å². The van der Waals surface area contributed by atoms with Crippen molar-refractivity contribution >= 4 is 56.5 Å². The fraction of sp³-hybridized carbons (Fsp3) is 0.222. The lowest BCUT2D eigenvalue weighted by Gasteiger charge is -2.14. The standard InChI is InChI=1S/C18H17Cl2N3O7S/c1-11(18(25)22-16-7-4-13(23(26)27)10-15(16)20)30-17(24)8-9-21-31(28,29)14-5-2-12(19)3-6-14/h2-7,10-11,21H,8-9H2,1H3,(H,22,25)/t11-/m1/s1. The van der Waals surface area contributed by atoms with Gasteiger partial charge in [-0.3, -0.25) is 19.7 Å².